The van der Waals surface area contributed by atoms with Crippen LogP contribution < -0.4 is 10.1 Å². The number of aryl methyl sites for hydroxylation is 1. The second kappa shape index (κ2) is 8.41. The Bertz CT molecular complexity index is 1420. The van der Waals surface area contributed by atoms with Crippen LogP contribution in [0.5, 0.6) is 5.75 Å². The Labute approximate surface area is 194 Å². The lowest BCUT2D eigenvalue weighted by atomic mass is 10.0. The average molecular weight is 462 g/mol. The maximum Gasteiger partial charge on any atom is 0.416 e. The number of ether oxygens (including phenoxy) is 1. The molecule has 3 aromatic carbocycles. The monoisotopic (exact) mass is 462 g/mol. The maximum atomic E-state index is 13.1. The van der Waals surface area contributed by atoms with Gasteiger partial charge in [0.05, 0.1) is 12.1 Å². The van der Waals surface area contributed by atoms with Gasteiger partial charge in [0, 0.05) is 39.5 Å². The molecule has 1 aliphatic heterocycles. The second-order valence-corrected chi connectivity index (χ2v) is 8.23. The molecule has 2 heterocycles. The Balaban J connectivity index is 1.45. The zero-order chi connectivity index (χ0) is 23.9. The lowest BCUT2D eigenvalue weighted by Crippen LogP contribution is -2.07. The molecule has 1 aromatic heterocycles. The Morgan fingerprint density at radius 1 is 1.03 bits per heavy atom. The number of carbonyl (C=O) groups excluding carboxylic acids is 1. The second-order valence-electron chi connectivity index (χ2n) is 8.23. The van der Waals surface area contributed by atoms with Gasteiger partial charge in [0.25, 0.3) is 5.91 Å². The van der Waals surface area contributed by atoms with Crippen molar-refractivity contribution in [2.24, 2.45) is 0 Å². The quantitative estimate of drug-likeness (QED) is 0.342. The largest absolute Gasteiger partial charge is 0.492 e. The number of nitrogens with zero attached hydrogens (tertiary/aromatic N) is 1. The van der Waals surface area contributed by atoms with Crippen LogP contribution in [-0.2, 0) is 17.5 Å². The molecule has 1 aliphatic rings. The summed E-state index contributed by atoms with van der Waals surface area (Å²) in [4.78, 5) is 12.6. The number of halogens is 3. The number of rotatable bonds is 5. The maximum absolute atomic E-state index is 13.1. The third-order valence-corrected chi connectivity index (χ3v) is 5.87. The van der Waals surface area contributed by atoms with Gasteiger partial charge in [0.2, 0.25) is 0 Å². The zero-order valence-corrected chi connectivity index (χ0v) is 18.3. The van der Waals surface area contributed by atoms with E-state index in [4.69, 9.17) is 4.74 Å². The van der Waals surface area contributed by atoms with Gasteiger partial charge < -0.3 is 14.6 Å². The normalized spacial score (nSPS) is 14.5. The first kappa shape index (κ1) is 21.8. The molecule has 1 amide bonds. The SMILES string of the molecule is Cc1ccc(OCCn2cc(/C=C3/C(=O)Nc4cc(C(F)(F)F)ccc43)c3ccccc32)cc1. The topological polar surface area (TPSA) is 43.3 Å². The van der Waals surface area contributed by atoms with E-state index in [2.05, 4.69) is 9.88 Å². The van der Waals surface area contributed by atoms with Crippen LogP contribution >= 0.6 is 0 Å². The molecule has 5 rings (SSSR count). The van der Waals surface area contributed by atoms with E-state index in [1.807, 2.05) is 61.7 Å². The number of hydrogen-bond donors (Lipinski definition) is 1. The number of aromatic nitrogens is 1. The summed E-state index contributed by atoms with van der Waals surface area (Å²) in [6.07, 6.45) is -0.806. The van der Waals surface area contributed by atoms with Gasteiger partial charge >= 0.3 is 6.18 Å². The molecule has 0 atom stereocenters. The van der Waals surface area contributed by atoms with Gasteiger partial charge in [-0.05, 0) is 43.3 Å². The van der Waals surface area contributed by atoms with E-state index in [9.17, 15) is 18.0 Å². The molecule has 0 spiro atoms. The number of alkyl halides is 3. The molecule has 1 N–H and O–H groups in total. The third-order valence-electron chi connectivity index (χ3n) is 5.87. The summed E-state index contributed by atoms with van der Waals surface area (Å²) in [5.74, 6) is 0.371. The van der Waals surface area contributed by atoms with E-state index < -0.39 is 17.6 Å². The fourth-order valence-electron chi connectivity index (χ4n) is 4.14. The number of benzene rings is 3. The number of para-hydroxylation sites is 1. The summed E-state index contributed by atoms with van der Waals surface area (Å²) in [7, 11) is 0. The summed E-state index contributed by atoms with van der Waals surface area (Å²) in [5.41, 5.74) is 3.12. The van der Waals surface area contributed by atoms with Crippen LogP contribution in [0, 0.1) is 6.92 Å². The van der Waals surface area contributed by atoms with Gasteiger partial charge in [-0.2, -0.15) is 13.2 Å². The summed E-state index contributed by atoms with van der Waals surface area (Å²) < 4.78 is 47.1. The minimum absolute atomic E-state index is 0.168. The van der Waals surface area contributed by atoms with Crippen LogP contribution in [0.15, 0.2) is 72.9 Å². The van der Waals surface area contributed by atoms with Gasteiger partial charge in [0.1, 0.15) is 12.4 Å². The van der Waals surface area contributed by atoms with Crippen molar-refractivity contribution >= 4 is 34.1 Å². The van der Waals surface area contributed by atoms with Crippen molar-refractivity contribution in [2.75, 3.05) is 11.9 Å². The Kier molecular flexibility index (Phi) is 5.40. The van der Waals surface area contributed by atoms with Crippen molar-refractivity contribution in [2.45, 2.75) is 19.6 Å². The molecule has 4 aromatic rings. The van der Waals surface area contributed by atoms with Crippen molar-refractivity contribution in [1.29, 1.82) is 0 Å². The van der Waals surface area contributed by atoms with Gasteiger partial charge in [-0.25, -0.2) is 0 Å². The first-order chi connectivity index (χ1) is 16.3. The third kappa shape index (κ3) is 4.17. The lowest BCUT2D eigenvalue weighted by Gasteiger charge is -2.08. The molecule has 34 heavy (non-hydrogen) atoms. The summed E-state index contributed by atoms with van der Waals surface area (Å²) in [6, 6.07) is 19.0. The predicted octanol–water partition coefficient (Wildman–Crippen LogP) is 6.54. The van der Waals surface area contributed by atoms with Gasteiger partial charge in [0.15, 0.2) is 0 Å². The van der Waals surface area contributed by atoms with Crippen molar-refractivity contribution < 1.29 is 22.7 Å². The Hall–Kier alpha value is -4.00. The fourth-order valence-corrected chi connectivity index (χ4v) is 4.14. The van der Waals surface area contributed by atoms with Gasteiger partial charge in [-0.1, -0.05) is 42.0 Å². The summed E-state index contributed by atoms with van der Waals surface area (Å²) in [6.45, 7) is 3.07. The standard InChI is InChI=1S/C27H21F3N2O2/c1-17-6-9-20(10-7-17)34-13-12-32-16-18(21-4-2-3-5-25(21)32)14-23-22-11-8-19(27(28,29)30)15-24(22)31-26(23)33/h2-11,14-16H,12-13H2,1H3,(H,31,33)/b23-14+. The average Bonchev–Trinajstić information content (AvgIpc) is 3.31. The Morgan fingerprint density at radius 2 is 1.79 bits per heavy atom. The summed E-state index contributed by atoms with van der Waals surface area (Å²) >= 11 is 0. The molecular formula is C27H21F3N2O2. The molecule has 172 valence electrons. The van der Waals surface area contributed by atoms with Crippen LogP contribution in [0.25, 0.3) is 22.6 Å². The van der Waals surface area contributed by atoms with Crippen LogP contribution in [0.2, 0.25) is 0 Å². The highest BCUT2D eigenvalue weighted by Gasteiger charge is 2.33. The fraction of sp³-hybridized carbons (Fsp3) is 0.148. The Morgan fingerprint density at radius 3 is 2.56 bits per heavy atom. The number of hydrogen-bond acceptors (Lipinski definition) is 2. The number of amides is 1. The first-order valence-corrected chi connectivity index (χ1v) is 10.8. The molecule has 0 bridgehead atoms. The molecule has 0 fully saturated rings. The molecule has 0 aliphatic carbocycles. The molecule has 0 unspecified atom stereocenters. The highest BCUT2D eigenvalue weighted by Crippen LogP contribution is 2.39. The van der Waals surface area contributed by atoms with Crippen LogP contribution in [-0.4, -0.2) is 17.1 Å². The van der Waals surface area contributed by atoms with Crippen molar-refractivity contribution in [3.05, 3.63) is 95.2 Å². The van der Waals surface area contributed by atoms with Crippen LogP contribution in [0.3, 0.4) is 0 Å². The van der Waals surface area contributed by atoms with Crippen molar-refractivity contribution in [3.8, 4) is 5.75 Å². The van der Waals surface area contributed by atoms with Gasteiger partial charge in [-0.3, -0.25) is 4.79 Å². The van der Waals surface area contributed by atoms with E-state index >= 15 is 0 Å². The lowest BCUT2D eigenvalue weighted by molar-refractivity contribution is -0.137. The highest BCUT2D eigenvalue weighted by molar-refractivity contribution is 6.35. The molecular weight excluding hydrogens is 441 g/mol. The minimum atomic E-state index is -4.47. The molecule has 0 saturated carbocycles. The molecule has 4 nitrogen and oxygen atoms in total. The van der Waals surface area contributed by atoms with E-state index in [-0.39, 0.29) is 5.69 Å². The summed E-state index contributed by atoms with van der Waals surface area (Å²) in [5, 5.41) is 3.50. The zero-order valence-electron chi connectivity index (χ0n) is 18.3. The number of nitrogens with one attached hydrogen (secondary N) is 1. The highest BCUT2D eigenvalue weighted by atomic mass is 19.4. The first-order valence-electron chi connectivity index (χ1n) is 10.8. The van der Waals surface area contributed by atoms with E-state index in [0.29, 0.717) is 24.3 Å². The number of fused-ring (bicyclic) bond motifs is 2. The van der Waals surface area contributed by atoms with E-state index in [1.165, 1.54) is 6.07 Å². The van der Waals surface area contributed by atoms with Crippen LogP contribution in [0.1, 0.15) is 22.3 Å². The minimum Gasteiger partial charge on any atom is -0.492 e. The van der Waals surface area contributed by atoms with E-state index in [0.717, 1.165) is 39.9 Å². The predicted molar refractivity (Wildman–Crippen MR) is 127 cm³/mol. The van der Waals surface area contributed by atoms with Crippen LogP contribution in [0.4, 0.5) is 18.9 Å². The van der Waals surface area contributed by atoms with Gasteiger partial charge in [-0.15, -0.1) is 0 Å². The van der Waals surface area contributed by atoms with Crippen molar-refractivity contribution in [3.63, 3.8) is 0 Å². The number of anilines is 1. The number of carbonyl (C=O) groups is 1. The molecule has 0 radical (unpaired) electrons. The molecule has 7 heteroatoms. The smallest absolute Gasteiger partial charge is 0.416 e. The van der Waals surface area contributed by atoms with Crippen molar-refractivity contribution in [1.82, 2.24) is 4.57 Å². The van der Waals surface area contributed by atoms with E-state index in [1.54, 1.807) is 6.08 Å². The molecule has 0 saturated heterocycles.